The molecule has 0 radical (unpaired) electrons. The molecule has 1 heterocycles. The molecule has 1 rings (SSSR count). The number of halogens is 1. The Bertz CT molecular complexity index is 365. The van der Waals surface area contributed by atoms with E-state index < -0.39 is 0 Å². The maximum Gasteiger partial charge on any atom is 0.244 e. The van der Waals surface area contributed by atoms with Gasteiger partial charge < -0.3 is 10.1 Å². The van der Waals surface area contributed by atoms with Crippen LogP contribution in [0.25, 0.3) is 0 Å². The summed E-state index contributed by atoms with van der Waals surface area (Å²) in [6.07, 6.45) is 1.69. The molecule has 1 unspecified atom stereocenters. The van der Waals surface area contributed by atoms with Crippen molar-refractivity contribution in [1.82, 2.24) is 15.1 Å². The number of aromatic nitrogens is 2. The van der Waals surface area contributed by atoms with Crippen LogP contribution in [0.15, 0.2) is 10.7 Å². The summed E-state index contributed by atoms with van der Waals surface area (Å²) < 4.78 is 7.45. The van der Waals surface area contributed by atoms with Gasteiger partial charge in [0, 0.05) is 13.7 Å². The van der Waals surface area contributed by atoms with Crippen molar-refractivity contribution in [3.8, 4) is 0 Å². The van der Waals surface area contributed by atoms with Gasteiger partial charge in [-0.15, -0.1) is 0 Å². The van der Waals surface area contributed by atoms with E-state index in [0.29, 0.717) is 13.2 Å². The fourth-order valence-electron chi connectivity index (χ4n) is 1.33. The lowest BCUT2D eigenvalue weighted by molar-refractivity contribution is -0.124. The maximum atomic E-state index is 11.7. The molecule has 0 fully saturated rings. The molecule has 90 valence electrons. The number of carbonyl (C=O) groups is 1. The molecule has 1 aromatic heterocycles. The number of hydrogen-bond donors (Lipinski definition) is 1. The first-order valence-corrected chi connectivity index (χ1v) is 5.83. The minimum Gasteiger partial charge on any atom is -0.383 e. The highest BCUT2D eigenvalue weighted by atomic mass is 79.9. The lowest BCUT2D eigenvalue weighted by Gasteiger charge is -2.14. The number of ether oxygens (including phenoxy) is 1. The van der Waals surface area contributed by atoms with E-state index in [9.17, 15) is 4.79 Å². The first kappa shape index (κ1) is 13.2. The van der Waals surface area contributed by atoms with Crippen LogP contribution in [0.3, 0.4) is 0 Å². The van der Waals surface area contributed by atoms with Gasteiger partial charge in [-0.1, -0.05) is 0 Å². The Morgan fingerprint density at radius 1 is 1.75 bits per heavy atom. The van der Waals surface area contributed by atoms with Crippen LogP contribution in [0.5, 0.6) is 0 Å². The van der Waals surface area contributed by atoms with Crippen LogP contribution in [-0.4, -0.2) is 35.9 Å². The number of amides is 1. The first-order valence-electron chi connectivity index (χ1n) is 5.04. The van der Waals surface area contributed by atoms with Gasteiger partial charge in [-0.25, -0.2) is 0 Å². The van der Waals surface area contributed by atoms with Crippen molar-refractivity contribution >= 4 is 21.8 Å². The van der Waals surface area contributed by atoms with Gasteiger partial charge in [0.15, 0.2) is 0 Å². The fourth-order valence-corrected chi connectivity index (χ4v) is 1.60. The lowest BCUT2D eigenvalue weighted by atomic mass is 10.3. The Kier molecular flexibility index (Phi) is 4.95. The number of nitrogens with zero attached hydrogens (tertiary/aromatic N) is 2. The Morgan fingerprint density at radius 2 is 2.44 bits per heavy atom. The summed E-state index contributed by atoms with van der Waals surface area (Å²) in [5.74, 6) is -0.0595. The van der Waals surface area contributed by atoms with Gasteiger partial charge in [0.05, 0.1) is 23.0 Å². The molecule has 0 saturated carbocycles. The number of rotatable bonds is 5. The smallest absolute Gasteiger partial charge is 0.244 e. The number of carbonyl (C=O) groups excluding carboxylic acids is 1. The van der Waals surface area contributed by atoms with E-state index in [1.165, 1.54) is 0 Å². The molecule has 0 aromatic carbocycles. The normalized spacial score (nSPS) is 12.5. The highest BCUT2D eigenvalue weighted by molar-refractivity contribution is 9.10. The largest absolute Gasteiger partial charge is 0.383 e. The zero-order valence-corrected chi connectivity index (χ0v) is 11.2. The van der Waals surface area contributed by atoms with Crippen LogP contribution in [0.1, 0.15) is 18.7 Å². The minimum absolute atomic E-state index is 0.0595. The Balaban J connectivity index is 2.60. The molecular formula is C10H16BrN3O2. The van der Waals surface area contributed by atoms with Gasteiger partial charge in [-0.3, -0.25) is 9.48 Å². The van der Waals surface area contributed by atoms with E-state index in [0.717, 1.165) is 10.2 Å². The second-order valence-corrected chi connectivity index (χ2v) is 4.34. The third kappa shape index (κ3) is 3.05. The summed E-state index contributed by atoms with van der Waals surface area (Å²) in [6.45, 7) is 4.76. The van der Waals surface area contributed by atoms with Gasteiger partial charge in [-0.05, 0) is 29.8 Å². The van der Waals surface area contributed by atoms with Crippen LogP contribution in [0, 0.1) is 6.92 Å². The predicted molar refractivity (Wildman–Crippen MR) is 64.3 cm³/mol. The fraction of sp³-hybridized carbons (Fsp3) is 0.600. The van der Waals surface area contributed by atoms with Crippen LogP contribution in [0.2, 0.25) is 0 Å². The third-order valence-electron chi connectivity index (χ3n) is 2.34. The van der Waals surface area contributed by atoms with Crippen molar-refractivity contribution in [2.75, 3.05) is 20.3 Å². The zero-order chi connectivity index (χ0) is 12.1. The number of methoxy groups -OCH3 is 1. The van der Waals surface area contributed by atoms with Crippen LogP contribution < -0.4 is 5.32 Å². The predicted octanol–water partition coefficient (Wildman–Crippen LogP) is 1.28. The average Bonchev–Trinajstić information content (AvgIpc) is 2.59. The van der Waals surface area contributed by atoms with Crippen molar-refractivity contribution in [2.24, 2.45) is 0 Å². The highest BCUT2D eigenvalue weighted by Gasteiger charge is 2.17. The minimum atomic E-state index is -0.317. The van der Waals surface area contributed by atoms with Gasteiger partial charge in [0.1, 0.15) is 6.04 Å². The molecule has 0 saturated heterocycles. The van der Waals surface area contributed by atoms with E-state index in [1.807, 2.05) is 13.8 Å². The quantitative estimate of drug-likeness (QED) is 0.831. The Hall–Kier alpha value is -0.880. The molecule has 0 bridgehead atoms. The van der Waals surface area contributed by atoms with Crippen molar-refractivity contribution in [3.63, 3.8) is 0 Å². The lowest BCUT2D eigenvalue weighted by Crippen LogP contribution is -2.33. The molecule has 16 heavy (non-hydrogen) atoms. The van der Waals surface area contributed by atoms with Crippen LogP contribution >= 0.6 is 15.9 Å². The SMILES string of the molecule is COCCNC(=O)C(C)n1ncc(Br)c1C. The van der Waals surface area contributed by atoms with Gasteiger partial charge >= 0.3 is 0 Å². The molecule has 0 aliphatic heterocycles. The standard InChI is InChI=1S/C10H16BrN3O2/c1-7-9(11)6-13-14(7)8(2)10(15)12-4-5-16-3/h6,8H,4-5H2,1-3H3,(H,12,15). The summed E-state index contributed by atoms with van der Waals surface area (Å²) in [5, 5.41) is 6.92. The Labute approximate surface area is 103 Å². The van der Waals surface area contributed by atoms with E-state index in [2.05, 4.69) is 26.3 Å². The maximum absolute atomic E-state index is 11.7. The van der Waals surface area contributed by atoms with Gasteiger partial charge in [0.25, 0.3) is 0 Å². The van der Waals surface area contributed by atoms with E-state index in [1.54, 1.807) is 18.0 Å². The zero-order valence-electron chi connectivity index (χ0n) is 9.66. The summed E-state index contributed by atoms with van der Waals surface area (Å²) in [6, 6.07) is -0.317. The summed E-state index contributed by atoms with van der Waals surface area (Å²) in [4.78, 5) is 11.7. The monoisotopic (exact) mass is 289 g/mol. The average molecular weight is 290 g/mol. The third-order valence-corrected chi connectivity index (χ3v) is 3.12. The van der Waals surface area contributed by atoms with Gasteiger partial charge in [0.2, 0.25) is 5.91 Å². The van der Waals surface area contributed by atoms with E-state index >= 15 is 0 Å². The molecule has 1 atom stereocenters. The number of hydrogen-bond acceptors (Lipinski definition) is 3. The van der Waals surface area contributed by atoms with Crippen LogP contribution in [0.4, 0.5) is 0 Å². The topological polar surface area (TPSA) is 56.1 Å². The van der Waals surface area contributed by atoms with Crippen molar-refractivity contribution in [3.05, 3.63) is 16.4 Å². The molecule has 1 aromatic rings. The summed E-state index contributed by atoms with van der Waals surface area (Å²) in [7, 11) is 1.60. The second kappa shape index (κ2) is 6.00. The Morgan fingerprint density at radius 3 is 2.94 bits per heavy atom. The van der Waals surface area contributed by atoms with Crippen molar-refractivity contribution in [1.29, 1.82) is 0 Å². The van der Waals surface area contributed by atoms with E-state index in [4.69, 9.17) is 4.74 Å². The van der Waals surface area contributed by atoms with Crippen molar-refractivity contribution < 1.29 is 9.53 Å². The second-order valence-electron chi connectivity index (χ2n) is 3.48. The highest BCUT2D eigenvalue weighted by Crippen LogP contribution is 2.18. The van der Waals surface area contributed by atoms with E-state index in [-0.39, 0.29) is 11.9 Å². The molecule has 0 aliphatic rings. The molecule has 5 nitrogen and oxygen atoms in total. The van der Waals surface area contributed by atoms with Crippen molar-refractivity contribution in [2.45, 2.75) is 19.9 Å². The molecular weight excluding hydrogens is 274 g/mol. The molecule has 0 spiro atoms. The molecule has 1 N–H and O–H groups in total. The summed E-state index contributed by atoms with van der Waals surface area (Å²) >= 11 is 3.36. The van der Waals surface area contributed by atoms with Crippen LogP contribution in [-0.2, 0) is 9.53 Å². The molecule has 1 amide bonds. The van der Waals surface area contributed by atoms with Gasteiger partial charge in [-0.2, -0.15) is 5.10 Å². The first-order chi connectivity index (χ1) is 7.57. The molecule has 6 heteroatoms. The number of nitrogens with one attached hydrogen (secondary N) is 1. The molecule has 0 aliphatic carbocycles. The summed E-state index contributed by atoms with van der Waals surface area (Å²) in [5.41, 5.74) is 0.939.